The number of carbonyl (C=O) groups is 2. The molecule has 5 aromatic rings. The first-order valence-electron chi connectivity index (χ1n) is 12.0. The molecule has 0 spiro atoms. The molecule has 2 aromatic carbocycles. The smallest absolute Gasteiger partial charge is 0.301 e. The Bertz CT molecular complexity index is 1800. The molecule has 1 saturated heterocycles. The first-order chi connectivity index (χ1) is 19.3. The number of halogens is 2. The van der Waals surface area contributed by atoms with Gasteiger partial charge in [0.05, 0.1) is 17.3 Å². The molecule has 8 nitrogen and oxygen atoms in total. The Kier molecular flexibility index (Phi) is 7.22. The van der Waals surface area contributed by atoms with E-state index in [0.29, 0.717) is 37.7 Å². The van der Waals surface area contributed by atoms with Gasteiger partial charge in [-0.3, -0.25) is 18.9 Å². The van der Waals surface area contributed by atoms with Crippen molar-refractivity contribution in [2.75, 3.05) is 4.90 Å². The molecule has 40 heavy (non-hydrogen) atoms. The maximum absolute atomic E-state index is 13.6. The van der Waals surface area contributed by atoms with E-state index in [-0.39, 0.29) is 16.5 Å². The molecule has 200 valence electrons. The van der Waals surface area contributed by atoms with Gasteiger partial charge in [-0.05, 0) is 54.4 Å². The average molecular weight is 653 g/mol. The van der Waals surface area contributed by atoms with Crippen molar-refractivity contribution < 1.29 is 14.7 Å². The third kappa shape index (κ3) is 4.83. The minimum absolute atomic E-state index is 0.0355. The molecule has 0 radical (unpaired) electrons. The number of hydrogen-bond acceptors (Lipinski definition) is 8. The van der Waals surface area contributed by atoms with E-state index < -0.39 is 17.7 Å². The van der Waals surface area contributed by atoms with Gasteiger partial charge in [-0.1, -0.05) is 81.0 Å². The molecule has 1 unspecified atom stereocenters. The van der Waals surface area contributed by atoms with Gasteiger partial charge in [-0.2, -0.15) is 0 Å². The van der Waals surface area contributed by atoms with Gasteiger partial charge in [0.15, 0.2) is 10.1 Å². The summed E-state index contributed by atoms with van der Waals surface area (Å²) in [5.41, 5.74) is 3.16. The molecule has 1 atom stereocenters. The van der Waals surface area contributed by atoms with Gasteiger partial charge >= 0.3 is 5.91 Å². The molecular weight excluding hydrogens is 634 g/mol. The van der Waals surface area contributed by atoms with Gasteiger partial charge in [0.25, 0.3) is 5.78 Å². The molecule has 1 amide bonds. The SMILES string of the molecule is Cc1nc2ccccn2c1/C(O)=C1\C(=O)C(=O)N(c2nnc(SCc3ccc(Cl)cc3)s2)C1c1ccc(Br)cc1. The Labute approximate surface area is 250 Å². The fraction of sp³-hybridized carbons (Fsp3) is 0.107. The number of amides is 1. The summed E-state index contributed by atoms with van der Waals surface area (Å²) in [5, 5.41) is 21.1. The number of Topliss-reactive ketones (excluding diaryl/α,β-unsaturated/α-hetero) is 1. The second kappa shape index (κ2) is 10.8. The van der Waals surface area contributed by atoms with Crippen LogP contribution < -0.4 is 4.90 Å². The summed E-state index contributed by atoms with van der Waals surface area (Å²) in [5.74, 6) is -1.26. The van der Waals surface area contributed by atoms with E-state index >= 15 is 0 Å². The number of nitrogens with zero attached hydrogens (tertiary/aromatic N) is 5. The number of hydrogen-bond donors (Lipinski definition) is 1. The zero-order chi connectivity index (χ0) is 28.0. The van der Waals surface area contributed by atoms with Gasteiger partial charge in [0, 0.05) is 21.4 Å². The number of aliphatic hydroxyl groups is 1. The molecule has 12 heteroatoms. The van der Waals surface area contributed by atoms with Crippen LogP contribution in [0.5, 0.6) is 0 Å². The summed E-state index contributed by atoms with van der Waals surface area (Å²) >= 11 is 12.1. The number of rotatable bonds is 6. The molecule has 1 fully saturated rings. The van der Waals surface area contributed by atoms with Crippen molar-refractivity contribution in [1.29, 1.82) is 0 Å². The number of anilines is 1. The van der Waals surface area contributed by atoms with E-state index in [2.05, 4.69) is 31.1 Å². The highest BCUT2D eigenvalue weighted by Crippen LogP contribution is 2.44. The van der Waals surface area contributed by atoms with Crippen molar-refractivity contribution in [2.45, 2.75) is 23.1 Å². The number of ketones is 1. The number of aromatic nitrogens is 4. The number of benzene rings is 2. The lowest BCUT2D eigenvalue weighted by molar-refractivity contribution is -0.132. The number of thioether (sulfide) groups is 1. The van der Waals surface area contributed by atoms with Crippen LogP contribution in [0.25, 0.3) is 11.4 Å². The Morgan fingerprint density at radius 3 is 2.58 bits per heavy atom. The zero-order valence-electron chi connectivity index (χ0n) is 20.8. The van der Waals surface area contributed by atoms with Gasteiger partial charge in [0.2, 0.25) is 5.13 Å². The monoisotopic (exact) mass is 651 g/mol. The fourth-order valence-corrected chi connectivity index (χ4v) is 6.81. The van der Waals surface area contributed by atoms with Crippen molar-refractivity contribution in [2.24, 2.45) is 0 Å². The molecule has 1 N–H and O–H groups in total. The maximum atomic E-state index is 13.6. The second-order valence-electron chi connectivity index (χ2n) is 8.96. The maximum Gasteiger partial charge on any atom is 0.301 e. The van der Waals surface area contributed by atoms with Crippen molar-refractivity contribution in [3.05, 3.63) is 111 Å². The van der Waals surface area contributed by atoms with Crippen LogP contribution in [0.4, 0.5) is 5.13 Å². The summed E-state index contributed by atoms with van der Waals surface area (Å²) in [7, 11) is 0. The number of fused-ring (bicyclic) bond motifs is 1. The van der Waals surface area contributed by atoms with Crippen LogP contribution in [0.1, 0.15) is 28.6 Å². The lowest BCUT2D eigenvalue weighted by Crippen LogP contribution is -2.29. The van der Waals surface area contributed by atoms with Gasteiger partial charge in [-0.25, -0.2) is 4.98 Å². The molecule has 0 bridgehead atoms. The lowest BCUT2D eigenvalue weighted by Gasteiger charge is -2.22. The van der Waals surface area contributed by atoms with E-state index in [9.17, 15) is 14.7 Å². The van der Waals surface area contributed by atoms with Crippen LogP contribution >= 0.6 is 50.6 Å². The zero-order valence-corrected chi connectivity index (χ0v) is 24.8. The number of carbonyl (C=O) groups excluding carboxylic acids is 2. The van der Waals surface area contributed by atoms with Gasteiger partial charge < -0.3 is 5.11 Å². The van der Waals surface area contributed by atoms with Crippen LogP contribution in [-0.2, 0) is 15.3 Å². The molecule has 3 aromatic heterocycles. The largest absolute Gasteiger partial charge is 0.505 e. The average Bonchev–Trinajstić information content (AvgIpc) is 3.62. The first-order valence-corrected chi connectivity index (χ1v) is 15.0. The van der Waals surface area contributed by atoms with E-state index in [1.165, 1.54) is 28.0 Å². The minimum Gasteiger partial charge on any atom is -0.505 e. The minimum atomic E-state index is -0.913. The quantitative estimate of drug-likeness (QED) is 0.0706. The van der Waals surface area contributed by atoms with Crippen molar-refractivity contribution in [3.8, 4) is 0 Å². The number of imidazole rings is 1. The van der Waals surface area contributed by atoms with Gasteiger partial charge in [-0.15, -0.1) is 10.2 Å². The first kappa shape index (κ1) is 26.7. The third-order valence-corrected chi connectivity index (χ3v) is 9.34. The van der Waals surface area contributed by atoms with Crippen LogP contribution in [-0.4, -0.2) is 36.4 Å². The Morgan fingerprint density at radius 1 is 1.07 bits per heavy atom. The van der Waals surface area contributed by atoms with Crippen molar-refractivity contribution >= 4 is 78.9 Å². The third-order valence-electron chi connectivity index (χ3n) is 6.44. The summed E-state index contributed by atoms with van der Waals surface area (Å²) in [4.78, 5) is 32.9. The molecule has 6 rings (SSSR count). The molecule has 0 saturated carbocycles. The predicted molar refractivity (Wildman–Crippen MR) is 160 cm³/mol. The highest BCUT2D eigenvalue weighted by Gasteiger charge is 2.48. The van der Waals surface area contributed by atoms with Crippen molar-refractivity contribution in [1.82, 2.24) is 19.6 Å². The normalized spacial score (nSPS) is 16.8. The topological polar surface area (TPSA) is 101 Å². The summed E-state index contributed by atoms with van der Waals surface area (Å²) in [6.07, 6.45) is 1.75. The van der Waals surface area contributed by atoms with Crippen LogP contribution in [0.3, 0.4) is 0 Å². The van der Waals surface area contributed by atoms with Crippen LogP contribution in [0, 0.1) is 6.92 Å². The van der Waals surface area contributed by atoms with E-state index in [4.69, 9.17) is 11.6 Å². The molecule has 4 heterocycles. The highest BCUT2D eigenvalue weighted by atomic mass is 79.9. The number of aryl methyl sites for hydroxylation is 1. The predicted octanol–water partition coefficient (Wildman–Crippen LogP) is 6.83. The second-order valence-corrected chi connectivity index (χ2v) is 12.5. The molecule has 1 aliphatic rings. The van der Waals surface area contributed by atoms with E-state index in [1.54, 1.807) is 41.8 Å². The number of pyridine rings is 1. The summed E-state index contributed by atoms with van der Waals surface area (Å²) in [6, 6.07) is 19.3. The lowest BCUT2D eigenvalue weighted by atomic mass is 9.96. The van der Waals surface area contributed by atoms with E-state index in [0.717, 1.165) is 10.0 Å². The van der Waals surface area contributed by atoms with E-state index in [1.807, 2.05) is 42.5 Å². The fourth-order valence-electron chi connectivity index (χ4n) is 4.60. The molecule has 0 aliphatic carbocycles. The molecular formula is C28H19BrClN5O3S2. The Morgan fingerprint density at radius 2 is 1.82 bits per heavy atom. The Balaban J connectivity index is 1.43. The van der Waals surface area contributed by atoms with Crippen LogP contribution in [0.15, 0.2) is 87.3 Å². The van der Waals surface area contributed by atoms with Crippen LogP contribution in [0.2, 0.25) is 5.02 Å². The highest BCUT2D eigenvalue weighted by molar-refractivity contribution is 9.10. The standard InChI is InChI=1S/C28H19BrClN5O3S2/c1-15-22(34-13-3-2-4-20(34)31-15)24(36)21-23(17-7-9-18(29)10-8-17)35(26(38)25(21)37)27-32-33-28(40-27)39-14-16-5-11-19(30)12-6-16/h2-13,23,36H,14H2,1H3/b24-21+. The van der Waals surface area contributed by atoms with Gasteiger partial charge in [0.1, 0.15) is 11.3 Å². The summed E-state index contributed by atoms with van der Waals surface area (Å²) < 4.78 is 3.18. The van der Waals surface area contributed by atoms with Crippen molar-refractivity contribution in [3.63, 3.8) is 0 Å². The summed E-state index contributed by atoms with van der Waals surface area (Å²) in [6.45, 7) is 1.75. The number of aliphatic hydroxyl groups excluding tert-OH is 1. The Hall–Kier alpha value is -3.51. The molecule has 1 aliphatic heterocycles.